The minimum absolute atomic E-state index is 0.0921. The van der Waals surface area contributed by atoms with Crippen molar-refractivity contribution < 1.29 is 18.0 Å². The summed E-state index contributed by atoms with van der Waals surface area (Å²) in [5.41, 5.74) is -0.212. The Morgan fingerprint density at radius 3 is 2.70 bits per heavy atom. The number of halogens is 3. The Balaban J connectivity index is 1.96. The van der Waals surface area contributed by atoms with Crippen LogP contribution in [0.2, 0.25) is 0 Å². The van der Waals surface area contributed by atoms with E-state index in [1.54, 1.807) is 31.3 Å². The predicted molar refractivity (Wildman–Crippen MR) is 96.6 cm³/mol. The van der Waals surface area contributed by atoms with Gasteiger partial charge in [-0.1, -0.05) is 30.0 Å². The Kier molecular flexibility index (Phi) is 4.98. The van der Waals surface area contributed by atoms with Gasteiger partial charge in [0.25, 0.3) is 0 Å². The van der Waals surface area contributed by atoms with Crippen molar-refractivity contribution in [1.82, 2.24) is 9.97 Å². The van der Waals surface area contributed by atoms with Gasteiger partial charge in [-0.15, -0.1) is 0 Å². The van der Waals surface area contributed by atoms with Gasteiger partial charge in [-0.2, -0.15) is 18.4 Å². The Morgan fingerprint density at radius 2 is 2.04 bits per heavy atom. The summed E-state index contributed by atoms with van der Waals surface area (Å²) >= 11 is 0.857. The fourth-order valence-electron chi connectivity index (χ4n) is 2.78. The molecular weight excluding hydrogens is 375 g/mol. The minimum atomic E-state index is -4.67. The first-order valence-corrected chi connectivity index (χ1v) is 8.86. The predicted octanol–water partition coefficient (Wildman–Crippen LogP) is 5.13. The molecule has 0 bridgehead atoms. The van der Waals surface area contributed by atoms with Gasteiger partial charge >= 0.3 is 6.18 Å². The van der Waals surface area contributed by atoms with Crippen LogP contribution in [-0.2, 0) is 6.18 Å². The largest absolute Gasteiger partial charge is 0.417 e. The van der Waals surface area contributed by atoms with Gasteiger partial charge in [0.2, 0.25) is 0 Å². The number of carbonyl (C=O) groups is 1. The third-order valence-electron chi connectivity index (χ3n) is 4.04. The molecular formula is C19H14F3N3OS. The number of nitriles is 1. The maximum absolute atomic E-state index is 13.2. The monoisotopic (exact) mass is 389 g/mol. The number of nitrogens with one attached hydrogen (secondary N) is 1. The summed E-state index contributed by atoms with van der Waals surface area (Å²) in [6.07, 6.45) is -3.09. The van der Waals surface area contributed by atoms with E-state index in [2.05, 4.69) is 9.97 Å². The first-order valence-electron chi connectivity index (χ1n) is 7.98. The molecule has 0 aliphatic heterocycles. The average molecular weight is 389 g/mol. The van der Waals surface area contributed by atoms with Gasteiger partial charge in [0, 0.05) is 28.4 Å². The molecule has 0 radical (unpaired) electrons. The molecule has 4 nitrogen and oxygen atoms in total. The summed E-state index contributed by atoms with van der Waals surface area (Å²) in [5, 5.41) is 9.17. The maximum atomic E-state index is 13.2. The summed E-state index contributed by atoms with van der Waals surface area (Å²) in [6.45, 7) is 3.01. The molecule has 0 aliphatic rings. The van der Waals surface area contributed by atoms with Gasteiger partial charge in [-0.3, -0.25) is 4.79 Å². The number of aromatic nitrogens is 2. The Hall–Kier alpha value is -2.79. The van der Waals surface area contributed by atoms with Crippen molar-refractivity contribution >= 4 is 28.4 Å². The van der Waals surface area contributed by atoms with E-state index < -0.39 is 22.6 Å². The van der Waals surface area contributed by atoms with Crippen LogP contribution in [0.15, 0.2) is 41.6 Å². The summed E-state index contributed by atoms with van der Waals surface area (Å²) in [5.74, 6) is -0.252. The molecule has 138 valence electrons. The molecule has 2 aromatic heterocycles. The molecule has 1 atom stereocenters. The molecule has 3 aromatic rings. The molecule has 0 spiro atoms. The maximum Gasteiger partial charge on any atom is 0.417 e. The van der Waals surface area contributed by atoms with E-state index in [1.165, 1.54) is 6.92 Å². The van der Waals surface area contributed by atoms with E-state index in [1.807, 2.05) is 12.1 Å². The number of H-pyrrole nitrogens is 1. The van der Waals surface area contributed by atoms with E-state index in [0.29, 0.717) is 5.56 Å². The number of benzene rings is 1. The van der Waals surface area contributed by atoms with Gasteiger partial charge in [0.05, 0.1) is 16.4 Å². The molecule has 8 heteroatoms. The van der Waals surface area contributed by atoms with Crippen LogP contribution in [0.5, 0.6) is 0 Å². The quantitative estimate of drug-likeness (QED) is 0.496. The van der Waals surface area contributed by atoms with Crippen LogP contribution in [0.25, 0.3) is 10.9 Å². The SMILES string of the molecule is Cc1cc(C(F)(F)F)c(C#N)c(SC(C)C(=O)c2c[nH]c3ccccc23)n1. The lowest BCUT2D eigenvalue weighted by Gasteiger charge is -2.15. The zero-order chi connectivity index (χ0) is 19.8. The second-order valence-corrected chi connectivity index (χ2v) is 7.30. The fourth-order valence-corrected chi connectivity index (χ4v) is 3.82. The number of carbonyl (C=O) groups excluding carboxylic acids is 1. The first kappa shape index (κ1) is 19.0. The fraction of sp³-hybridized carbons (Fsp3) is 0.211. The topological polar surface area (TPSA) is 69.5 Å². The highest BCUT2D eigenvalue weighted by Crippen LogP contribution is 2.37. The number of aryl methyl sites for hydroxylation is 1. The van der Waals surface area contributed by atoms with Crippen LogP contribution in [0.4, 0.5) is 13.2 Å². The van der Waals surface area contributed by atoms with Crippen LogP contribution < -0.4 is 0 Å². The molecule has 0 aliphatic carbocycles. The molecule has 27 heavy (non-hydrogen) atoms. The second kappa shape index (κ2) is 7.08. The van der Waals surface area contributed by atoms with Crippen molar-refractivity contribution in [3.05, 3.63) is 58.9 Å². The zero-order valence-corrected chi connectivity index (χ0v) is 15.2. The van der Waals surface area contributed by atoms with Crippen LogP contribution in [0.3, 0.4) is 0 Å². The number of hydrogen-bond acceptors (Lipinski definition) is 4. The van der Waals surface area contributed by atoms with E-state index in [4.69, 9.17) is 0 Å². The number of nitrogens with zero attached hydrogens (tertiary/aromatic N) is 2. The van der Waals surface area contributed by atoms with E-state index >= 15 is 0 Å². The van der Waals surface area contributed by atoms with Crippen molar-refractivity contribution in [2.45, 2.75) is 30.3 Å². The summed E-state index contributed by atoms with van der Waals surface area (Å²) < 4.78 is 39.7. The second-order valence-electron chi connectivity index (χ2n) is 5.97. The molecule has 1 unspecified atom stereocenters. The highest BCUT2D eigenvalue weighted by atomic mass is 32.2. The molecule has 0 saturated carbocycles. The number of alkyl halides is 3. The van der Waals surface area contributed by atoms with E-state index in [-0.39, 0.29) is 16.5 Å². The normalized spacial score (nSPS) is 12.7. The van der Waals surface area contributed by atoms with E-state index in [0.717, 1.165) is 28.7 Å². The molecule has 0 saturated heterocycles. The Morgan fingerprint density at radius 1 is 1.33 bits per heavy atom. The number of rotatable bonds is 4. The molecule has 0 amide bonds. The lowest BCUT2D eigenvalue weighted by molar-refractivity contribution is -0.138. The number of para-hydroxylation sites is 1. The number of Topliss-reactive ketones (excluding diaryl/α,β-unsaturated/α-hetero) is 1. The molecule has 3 rings (SSSR count). The van der Waals surface area contributed by atoms with Gasteiger partial charge < -0.3 is 4.98 Å². The van der Waals surface area contributed by atoms with Gasteiger partial charge in [-0.25, -0.2) is 4.98 Å². The van der Waals surface area contributed by atoms with Crippen molar-refractivity contribution in [3.8, 4) is 6.07 Å². The van der Waals surface area contributed by atoms with Crippen LogP contribution in [-0.4, -0.2) is 21.0 Å². The average Bonchev–Trinajstić information content (AvgIpc) is 3.04. The number of ketones is 1. The highest BCUT2D eigenvalue weighted by molar-refractivity contribution is 8.00. The van der Waals surface area contributed by atoms with Gasteiger partial charge in [-0.05, 0) is 26.0 Å². The smallest absolute Gasteiger partial charge is 0.360 e. The van der Waals surface area contributed by atoms with Crippen molar-refractivity contribution in [2.24, 2.45) is 0 Å². The number of aromatic amines is 1. The minimum Gasteiger partial charge on any atom is -0.360 e. The van der Waals surface area contributed by atoms with Crippen LogP contribution in [0, 0.1) is 18.3 Å². The van der Waals surface area contributed by atoms with E-state index in [9.17, 15) is 23.2 Å². The van der Waals surface area contributed by atoms with Crippen LogP contribution >= 0.6 is 11.8 Å². The van der Waals surface area contributed by atoms with Crippen molar-refractivity contribution in [1.29, 1.82) is 5.26 Å². The van der Waals surface area contributed by atoms with Gasteiger partial charge in [0.1, 0.15) is 11.1 Å². The Bertz CT molecular complexity index is 1070. The number of hydrogen-bond donors (Lipinski definition) is 1. The third-order valence-corrected chi connectivity index (χ3v) is 5.13. The number of fused-ring (bicyclic) bond motifs is 1. The van der Waals surface area contributed by atoms with Gasteiger partial charge in [0.15, 0.2) is 5.78 Å². The lowest BCUT2D eigenvalue weighted by atomic mass is 10.1. The van der Waals surface area contributed by atoms with Crippen LogP contribution in [0.1, 0.15) is 34.1 Å². The summed E-state index contributed by atoms with van der Waals surface area (Å²) in [7, 11) is 0. The standard InChI is InChI=1S/C19H14F3N3OS/c1-10-7-15(19(20,21)22)13(8-23)18(25-10)27-11(2)17(26)14-9-24-16-6-4-3-5-12(14)16/h3-7,9,11,24H,1-2H3. The molecule has 0 fully saturated rings. The molecule has 1 N–H and O–H groups in total. The molecule has 1 aromatic carbocycles. The molecule has 2 heterocycles. The summed E-state index contributed by atoms with van der Waals surface area (Å²) in [4.78, 5) is 19.9. The summed E-state index contributed by atoms with van der Waals surface area (Å²) in [6, 6.07) is 9.69. The third kappa shape index (κ3) is 3.69. The number of pyridine rings is 1. The first-order chi connectivity index (χ1) is 12.7. The zero-order valence-electron chi connectivity index (χ0n) is 14.4. The van der Waals surface area contributed by atoms with Crippen molar-refractivity contribution in [2.75, 3.05) is 0 Å². The lowest BCUT2D eigenvalue weighted by Crippen LogP contribution is -2.15. The number of thioether (sulfide) groups is 1. The highest BCUT2D eigenvalue weighted by Gasteiger charge is 2.36. The Labute approximate surface area is 157 Å². The van der Waals surface area contributed by atoms with Crippen molar-refractivity contribution in [3.63, 3.8) is 0 Å².